The fourth-order valence-electron chi connectivity index (χ4n) is 2.69. The molecule has 0 bridgehead atoms. The number of rotatable bonds is 11. The summed E-state index contributed by atoms with van der Waals surface area (Å²) in [5.41, 5.74) is 2.09. The number of aryl methyl sites for hydroxylation is 1. The molecular weight excluding hydrogens is 274 g/mol. The molecule has 0 aliphatic carbocycles. The molecule has 0 fully saturated rings. The van der Waals surface area contributed by atoms with Gasteiger partial charge in [0.25, 0.3) is 0 Å². The van der Waals surface area contributed by atoms with Gasteiger partial charge in [-0.25, -0.2) is 0 Å². The van der Waals surface area contributed by atoms with Gasteiger partial charge in [0, 0.05) is 5.69 Å². The highest BCUT2D eigenvalue weighted by molar-refractivity contribution is 5.48. The van der Waals surface area contributed by atoms with Crippen LogP contribution in [0.15, 0.2) is 24.3 Å². The summed E-state index contributed by atoms with van der Waals surface area (Å²) in [6, 6.07) is 8.03. The van der Waals surface area contributed by atoms with Crippen molar-refractivity contribution < 1.29 is 10.2 Å². The van der Waals surface area contributed by atoms with Gasteiger partial charge in [0.15, 0.2) is 0 Å². The van der Waals surface area contributed by atoms with E-state index in [2.05, 4.69) is 13.8 Å². The molecule has 0 saturated heterocycles. The average Bonchev–Trinajstić information content (AvgIpc) is 2.50. The third kappa shape index (κ3) is 6.37. The molecule has 2 atom stereocenters. The molecule has 0 aromatic heterocycles. The lowest BCUT2D eigenvalue weighted by Gasteiger charge is -2.34. The van der Waals surface area contributed by atoms with E-state index in [0.717, 1.165) is 44.2 Å². The van der Waals surface area contributed by atoms with Crippen molar-refractivity contribution in [3.05, 3.63) is 29.8 Å². The van der Waals surface area contributed by atoms with E-state index >= 15 is 0 Å². The first-order chi connectivity index (χ1) is 10.6. The number of hydrogen-bond donors (Lipinski definition) is 2. The Morgan fingerprint density at radius 2 is 1.27 bits per heavy atom. The average molecular weight is 307 g/mol. The summed E-state index contributed by atoms with van der Waals surface area (Å²) in [5, 5.41) is 21.1. The van der Waals surface area contributed by atoms with E-state index in [0.29, 0.717) is 12.8 Å². The molecular formula is C19H33NO2. The molecule has 1 aromatic carbocycles. The molecule has 0 heterocycles. The van der Waals surface area contributed by atoms with Gasteiger partial charge in [-0.1, -0.05) is 57.2 Å². The molecule has 0 saturated carbocycles. The van der Waals surface area contributed by atoms with Crippen molar-refractivity contribution in [1.82, 2.24) is 0 Å². The lowest BCUT2D eigenvalue weighted by Crippen LogP contribution is -2.43. The van der Waals surface area contributed by atoms with Crippen LogP contribution in [-0.4, -0.2) is 22.7 Å². The molecule has 0 amide bonds. The highest BCUT2D eigenvalue weighted by atomic mass is 16.3. The molecule has 0 aliphatic heterocycles. The second-order valence-corrected chi connectivity index (χ2v) is 6.20. The summed E-state index contributed by atoms with van der Waals surface area (Å²) in [7, 11) is 0. The van der Waals surface area contributed by atoms with E-state index in [1.807, 2.05) is 31.2 Å². The van der Waals surface area contributed by atoms with Crippen LogP contribution < -0.4 is 4.90 Å². The third-order valence-corrected chi connectivity index (χ3v) is 4.11. The largest absolute Gasteiger partial charge is 0.374 e. The van der Waals surface area contributed by atoms with E-state index in [4.69, 9.17) is 0 Å². The molecule has 3 nitrogen and oxygen atoms in total. The number of hydrogen-bond acceptors (Lipinski definition) is 3. The summed E-state index contributed by atoms with van der Waals surface area (Å²) in [6.45, 7) is 6.36. The third-order valence-electron chi connectivity index (χ3n) is 4.11. The van der Waals surface area contributed by atoms with E-state index < -0.39 is 12.5 Å². The maximum Gasteiger partial charge on any atom is 0.129 e. The number of anilines is 1. The monoisotopic (exact) mass is 307 g/mol. The van der Waals surface area contributed by atoms with Gasteiger partial charge in [-0.3, -0.25) is 0 Å². The van der Waals surface area contributed by atoms with Crippen LogP contribution in [0.2, 0.25) is 0 Å². The van der Waals surface area contributed by atoms with Gasteiger partial charge in [-0.2, -0.15) is 0 Å². The standard InChI is InChI=1S/C19H33NO2/c1-4-6-8-10-18(21)20(19(22)11-9-7-5-2)17-14-12-16(3)13-15-17/h12-15,18-19,21-22H,4-11H2,1-3H3. The molecule has 1 rings (SSSR count). The molecule has 2 unspecified atom stereocenters. The number of benzene rings is 1. The van der Waals surface area contributed by atoms with E-state index in [1.54, 1.807) is 4.90 Å². The van der Waals surface area contributed by atoms with Crippen LogP contribution in [0.4, 0.5) is 5.69 Å². The number of aliphatic hydroxyl groups is 2. The van der Waals surface area contributed by atoms with Gasteiger partial charge in [0.1, 0.15) is 12.5 Å². The number of unbranched alkanes of at least 4 members (excludes halogenated alkanes) is 4. The predicted molar refractivity (Wildman–Crippen MR) is 94.0 cm³/mol. The second kappa shape index (κ2) is 10.6. The van der Waals surface area contributed by atoms with Crippen molar-refractivity contribution in [2.24, 2.45) is 0 Å². The predicted octanol–water partition coefficient (Wildman–Crippen LogP) is 4.60. The molecule has 126 valence electrons. The fourth-order valence-corrected chi connectivity index (χ4v) is 2.69. The molecule has 0 spiro atoms. The van der Waals surface area contributed by atoms with Crippen LogP contribution in [-0.2, 0) is 0 Å². The zero-order valence-electron chi connectivity index (χ0n) is 14.5. The Balaban J connectivity index is 2.76. The minimum absolute atomic E-state index is 0.620. The molecule has 0 radical (unpaired) electrons. The molecule has 2 N–H and O–H groups in total. The Morgan fingerprint density at radius 3 is 1.68 bits per heavy atom. The first kappa shape index (κ1) is 19.0. The van der Waals surface area contributed by atoms with Crippen molar-refractivity contribution in [3.63, 3.8) is 0 Å². The zero-order chi connectivity index (χ0) is 16.4. The SMILES string of the molecule is CCCCCC(O)N(c1ccc(C)cc1)C(O)CCCCC. The van der Waals surface area contributed by atoms with Crippen molar-refractivity contribution in [2.75, 3.05) is 4.90 Å². The number of aliphatic hydroxyl groups excluding tert-OH is 2. The summed E-state index contributed by atoms with van der Waals surface area (Å²) in [6.07, 6.45) is 6.64. The van der Waals surface area contributed by atoms with Crippen LogP contribution in [0.5, 0.6) is 0 Å². The van der Waals surface area contributed by atoms with Crippen LogP contribution in [0.1, 0.15) is 70.8 Å². The molecule has 1 aromatic rings. The maximum absolute atomic E-state index is 10.6. The lowest BCUT2D eigenvalue weighted by atomic mass is 10.1. The highest BCUT2D eigenvalue weighted by Crippen LogP contribution is 2.24. The van der Waals surface area contributed by atoms with E-state index in [-0.39, 0.29) is 0 Å². The van der Waals surface area contributed by atoms with Crippen LogP contribution >= 0.6 is 0 Å². The zero-order valence-corrected chi connectivity index (χ0v) is 14.5. The molecule has 3 heteroatoms. The Hall–Kier alpha value is -1.06. The Kier molecular flexibility index (Phi) is 9.17. The molecule has 0 aliphatic rings. The Labute approximate surface area is 136 Å². The first-order valence-corrected chi connectivity index (χ1v) is 8.81. The Bertz CT molecular complexity index is 375. The van der Waals surface area contributed by atoms with Crippen molar-refractivity contribution in [3.8, 4) is 0 Å². The van der Waals surface area contributed by atoms with Gasteiger partial charge >= 0.3 is 0 Å². The highest BCUT2D eigenvalue weighted by Gasteiger charge is 2.23. The summed E-state index contributed by atoms with van der Waals surface area (Å²) < 4.78 is 0. The summed E-state index contributed by atoms with van der Waals surface area (Å²) in [4.78, 5) is 1.78. The first-order valence-electron chi connectivity index (χ1n) is 8.81. The van der Waals surface area contributed by atoms with Gasteiger partial charge in [-0.15, -0.1) is 0 Å². The maximum atomic E-state index is 10.6. The summed E-state index contributed by atoms with van der Waals surface area (Å²) in [5.74, 6) is 0. The van der Waals surface area contributed by atoms with Crippen LogP contribution in [0.3, 0.4) is 0 Å². The normalized spacial score (nSPS) is 13.9. The van der Waals surface area contributed by atoms with Crippen molar-refractivity contribution in [2.45, 2.75) is 84.6 Å². The van der Waals surface area contributed by atoms with E-state index in [1.165, 1.54) is 5.56 Å². The van der Waals surface area contributed by atoms with Crippen molar-refractivity contribution >= 4 is 5.69 Å². The number of nitrogens with zero attached hydrogens (tertiary/aromatic N) is 1. The van der Waals surface area contributed by atoms with Gasteiger partial charge in [0.05, 0.1) is 0 Å². The van der Waals surface area contributed by atoms with Crippen molar-refractivity contribution in [1.29, 1.82) is 0 Å². The van der Waals surface area contributed by atoms with Gasteiger partial charge < -0.3 is 15.1 Å². The quantitative estimate of drug-likeness (QED) is 0.464. The molecule has 22 heavy (non-hydrogen) atoms. The lowest BCUT2D eigenvalue weighted by molar-refractivity contribution is 0.0715. The van der Waals surface area contributed by atoms with Crippen LogP contribution in [0.25, 0.3) is 0 Å². The second-order valence-electron chi connectivity index (χ2n) is 6.20. The van der Waals surface area contributed by atoms with E-state index in [9.17, 15) is 10.2 Å². The topological polar surface area (TPSA) is 43.7 Å². The van der Waals surface area contributed by atoms with Crippen LogP contribution in [0, 0.1) is 6.92 Å². The summed E-state index contributed by atoms with van der Waals surface area (Å²) >= 11 is 0. The minimum Gasteiger partial charge on any atom is -0.374 e. The van der Waals surface area contributed by atoms with Gasteiger partial charge in [-0.05, 0) is 44.7 Å². The smallest absolute Gasteiger partial charge is 0.129 e. The Morgan fingerprint density at radius 1 is 0.818 bits per heavy atom. The fraction of sp³-hybridized carbons (Fsp3) is 0.684. The minimum atomic E-state index is -0.620. The van der Waals surface area contributed by atoms with Gasteiger partial charge in [0.2, 0.25) is 0 Å².